The summed E-state index contributed by atoms with van der Waals surface area (Å²) in [7, 11) is 1.35. The zero-order valence-electron chi connectivity index (χ0n) is 17.5. The number of nitrogens with zero attached hydrogens (tertiary/aromatic N) is 1. The van der Waals surface area contributed by atoms with Crippen LogP contribution in [0.5, 0.6) is 0 Å². The third-order valence-corrected chi connectivity index (χ3v) is 5.95. The molecule has 0 saturated carbocycles. The van der Waals surface area contributed by atoms with Gasteiger partial charge in [-0.15, -0.1) is 0 Å². The van der Waals surface area contributed by atoms with Crippen LogP contribution in [0.25, 0.3) is 10.9 Å². The van der Waals surface area contributed by atoms with Crippen molar-refractivity contribution in [3.8, 4) is 0 Å². The molecule has 0 spiro atoms. The van der Waals surface area contributed by atoms with Gasteiger partial charge < -0.3 is 14.6 Å². The molecular weight excluding hydrogens is 407 g/mol. The van der Waals surface area contributed by atoms with Gasteiger partial charge in [-0.2, -0.15) is 0 Å². The Labute approximate surface area is 184 Å². The molecule has 6 heteroatoms. The van der Waals surface area contributed by atoms with Crippen molar-refractivity contribution in [3.63, 3.8) is 0 Å². The highest BCUT2D eigenvalue weighted by atomic mass is 19.1. The van der Waals surface area contributed by atoms with E-state index >= 15 is 0 Å². The molecule has 0 saturated heterocycles. The van der Waals surface area contributed by atoms with Gasteiger partial charge in [-0.3, -0.25) is 4.79 Å². The van der Waals surface area contributed by atoms with Crippen LogP contribution in [0, 0.1) is 5.82 Å². The van der Waals surface area contributed by atoms with E-state index in [1.807, 2.05) is 36.4 Å². The number of rotatable bonds is 4. The minimum absolute atomic E-state index is 0.0626. The van der Waals surface area contributed by atoms with Crippen molar-refractivity contribution < 1.29 is 18.7 Å². The van der Waals surface area contributed by atoms with Crippen molar-refractivity contribution in [2.45, 2.75) is 18.9 Å². The number of esters is 1. The van der Waals surface area contributed by atoms with E-state index in [1.165, 1.54) is 19.2 Å². The van der Waals surface area contributed by atoms with E-state index in [0.717, 1.165) is 33.3 Å². The molecule has 0 radical (unpaired) electrons. The van der Waals surface area contributed by atoms with Crippen LogP contribution in [-0.4, -0.2) is 23.6 Å². The summed E-state index contributed by atoms with van der Waals surface area (Å²) in [4.78, 5) is 24.5. The normalized spacial score (nSPS) is 15.3. The predicted molar refractivity (Wildman–Crippen MR) is 120 cm³/mol. The van der Waals surface area contributed by atoms with Gasteiger partial charge in [0.2, 0.25) is 5.91 Å². The van der Waals surface area contributed by atoms with Crippen LogP contribution in [-0.2, 0) is 16.1 Å². The molecule has 0 bridgehead atoms. The van der Waals surface area contributed by atoms with Crippen molar-refractivity contribution >= 4 is 28.5 Å². The van der Waals surface area contributed by atoms with Gasteiger partial charge in [0.1, 0.15) is 5.82 Å². The topological polar surface area (TPSA) is 60.3 Å². The molecule has 160 valence electrons. The van der Waals surface area contributed by atoms with Gasteiger partial charge in [-0.05, 0) is 53.1 Å². The number of amides is 1. The van der Waals surface area contributed by atoms with E-state index in [0.29, 0.717) is 12.1 Å². The van der Waals surface area contributed by atoms with E-state index in [9.17, 15) is 14.0 Å². The fourth-order valence-corrected chi connectivity index (χ4v) is 4.48. The summed E-state index contributed by atoms with van der Waals surface area (Å²) in [6.07, 6.45) is 2.34. The number of halogens is 1. The van der Waals surface area contributed by atoms with Gasteiger partial charge in [0, 0.05) is 30.5 Å². The molecule has 1 aromatic heterocycles. The smallest absolute Gasteiger partial charge is 0.337 e. The number of nitrogens with one attached hydrogen (secondary N) is 1. The van der Waals surface area contributed by atoms with Crippen LogP contribution in [0.4, 0.5) is 10.1 Å². The van der Waals surface area contributed by atoms with E-state index in [4.69, 9.17) is 4.74 Å². The summed E-state index contributed by atoms with van der Waals surface area (Å²) in [5.74, 6) is -0.907. The first-order valence-electron chi connectivity index (χ1n) is 10.4. The van der Waals surface area contributed by atoms with E-state index in [2.05, 4.69) is 16.1 Å². The Morgan fingerprint density at radius 2 is 1.91 bits per heavy atom. The zero-order valence-corrected chi connectivity index (χ0v) is 17.5. The summed E-state index contributed by atoms with van der Waals surface area (Å²) < 4.78 is 20.6. The van der Waals surface area contributed by atoms with Crippen molar-refractivity contribution in [1.82, 2.24) is 4.57 Å². The zero-order chi connectivity index (χ0) is 22.2. The predicted octanol–water partition coefficient (Wildman–Crippen LogP) is 5.09. The van der Waals surface area contributed by atoms with Crippen molar-refractivity contribution in [1.29, 1.82) is 0 Å². The largest absolute Gasteiger partial charge is 0.465 e. The molecule has 0 aliphatic carbocycles. The number of methoxy groups -OCH3 is 1. The Morgan fingerprint density at radius 1 is 1.12 bits per heavy atom. The molecule has 5 rings (SSSR count). The molecule has 1 amide bonds. The lowest BCUT2D eigenvalue weighted by molar-refractivity contribution is -0.116. The second-order valence-electron chi connectivity index (χ2n) is 7.96. The maximum absolute atomic E-state index is 13.7. The van der Waals surface area contributed by atoms with Crippen molar-refractivity contribution in [2.24, 2.45) is 0 Å². The number of benzene rings is 3. The Balaban J connectivity index is 1.62. The fraction of sp³-hybridized carbons (Fsp3) is 0.154. The van der Waals surface area contributed by atoms with Crippen LogP contribution in [0.2, 0.25) is 0 Å². The number of anilines is 1. The van der Waals surface area contributed by atoms with Crippen LogP contribution in [0.3, 0.4) is 0 Å². The van der Waals surface area contributed by atoms with E-state index in [-0.39, 0.29) is 24.1 Å². The standard InChI is InChI=1S/C26H21FN2O3/c1-32-26(31)18-10-8-17(9-11-18)20-13-24(30)28-22-6-3-7-23-25(22)21(20)15-29(23)14-16-4-2-5-19(27)12-16/h2-12,15,20H,13-14H2,1H3,(H,28,30). The number of hydrogen-bond donors (Lipinski definition) is 1. The van der Waals surface area contributed by atoms with Crippen LogP contribution in [0.1, 0.15) is 39.4 Å². The van der Waals surface area contributed by atoms with Gasteiger partial charge in [0.25, 0.3) is 0 Å². The van der Waals surface area contributed by atoms with Crippen LogP contribution < -0.4 is 5.32 Å². The quantitative estimate of drug-likeness (QED) is 0.461. The molecule has 3 aromatic carbocycles. The highest BCUT2D eigenvalue weighted by molar-refractivity contribution is 6.06. The van der Waals surface area contributed by atoms with Gasteiger partial charge in [0.05, 0.1) is 23.9 Å². The summed E-state index contributed by atoms with van der Waals surface area (Å²) in [6.45, 7) is 0.514. The molecule has 5 nitrogen and oxygen atoms in total. The Bertz CT molecular complexity index is 1340. The van der Waals surface area contributed by atoms with Gasteiger partial charge in [-0.25, -0.2) is 9.18 Å². The molecule has 1 aliphatic heterocycles. The second kappa shape index (κ2) is 7.96. The summed E-state index contributed by atoms with van der Waals surface area (Å²) in [5.41, 5.74) is 5.03. The Hall–Kier alpha value is -3.93. The first-order chi connectivity index (χ1) is 15.5. The lowest BCUT2D eigenvalue weighted by Crippen LogP contribution is -2.14. The molecular formula is C26H21FN2O3. The third kappa shape index (κ3) is 3.54. The van der Waals surface area contributed by atoms with Gasteiger partial charge >= 0.3 is 5.97 Å². The molecule has 32 heavy (non-hydrogen) atoms. The number of hydrogen-bond acceptors (Lipinski definition) is 3. The number of carbonyl (C=O) groups excluding carboxylic acids is 2. The summed E-state index contributed by atoms with van der Waals surface area (Å²) >= 11 is 0. The lowest BCUT2D eigenvalue weighted by Gasteiger charge is -2.15. The van der Waals surface area contributed by atoms with E-state index in [1.54, 1.807) is 18.2 Å². The number of aromatic nitrogens is 1. The average Bonchev–Trinajstić information content (AvgIpc) is 3.08. The minimum Gasteiger partial charge on any atom is -0.465 e. The molecule has 2 heterocycles. The molecule has 1 N–H and O–H groups in total. The molecule has 1 unspecified atom stereocenters. The Kier molecular flexibility index (Phi) is 4.98. The Morgan fingerprint density at radius 3 is 2.66 bits per heavy atom. The number of carbonyl (C=O) groups is 2. The highest BCUT2D eigenvalue weighted by Crippen LogP contribution is 2.41. The summed E-state index contributed by atoms with van der Waals surface area (Å²) in [6, 6.07) is 19.6. The molecule has 1 atom stereocenters. The van der Waals surface area contributed by atoms with Crippen LogP contribution >= 0.6 is 0 Å². The maximum Gasteiger partial charge on any atom is 0.337 e. The third-order valence-electron chi connectivity index (χ3n) is 5.95. The van der Waals surface area contributed by atoms with Gasteiger partial charge in [-0.1, -0.05) is 30.3 Å². The highest BCUT2D eigenvalue weighted by Gasteiger charge is 2.28. The van der Waals surface area contributed by atoms with Crippen LogP contribution in [0.15, 0.2) is 72.9 Å². The molecule has 1 aliphatic rings. The fourth-order valence-electron chi connectivity index (χ4n) is 4.48. The second-order valence-corrected chi connectivity index (χ2v) is 7.96. The first-order valence-corrected chi connectivity index (χ1v) is 10.4. The summed E-state index contributed by atoms with van der Waals surface area (Å²) in [5, 5.41) is 4.01. The average molecular weight is 428 g/mol. The lowest BCUT2D eigenvalue weighted by atomic mass is 9.88. The van der Waals surface area contributed by atoms with Gasteiger partial charge in [0.15, 0.2) is 0 Å². The first kappa shape index (κ1) is 20.0. The molecule has 0 fully saturated rings. The monoisotopic (exact) mass is 428 g/mol. The maximum atomic E-state index is 13.7. The molecule has 4 aromatic rings. The number of ether oxygens (including phenoxy) is 1. The van der Waals surface area contributed by atoms with E-state index < -0.39 is 5.97 Å². The SMILES string of the molecule is COC(=O)c1ccc(C2CC(=O)Nc3cccc4c3c2cn4Cc2cccc(F)c2)cc1. The minimum atomic E-state index is -0.399. The van der Waals surface area contributed by atoms with Crippen molar-refractivity contribution in [3.05, 3.63) is 101 Å². The van der Waals surface area contributed by atoms with Crippen molar-refractivity contribution in [2.75, 3.05) is 12.4 Å².